The predicted octanol–water partition coefficient (Wildman–Crippen LogP) is 3.60. The molecular weight excluding hydrogens is 244 g/mol. The van der Waals surface area contributed by atoms with Gasteiger partial charge in [0.1, 0.15) is 6.04 Å². The highest BCUT2D eigenvalue weighted by atomic mass is 15.0. The van der Waals surface area contributed by atoms with Crippen LogP contribution in [0.3, 0.4) is 0 Å². The van der Waals surface area contributed by atoms with Crippen molar-refractivity contribution in [3.05, 3.63) is 66.5 Å². The zero-order valence-electron chi connectivity index (χ0n) is 11.8. The van der Waals surface area contributed by atoms with Crippen LogP contribution in [0.15, 0.2) is 65.9 Å². The van der Waals surface area contributed by atoms with Gasteiger partial charge in [0.05, 0.1) is 18.0 Å². The molecule has 1 aliphatic carbocycles. The van der Waals surface area contributed by atoms with E-state index in [2.05, 4.69) is 59.4 Å². The molecule has 3 rings (SSSR count). The smallest absolute Gasteiger partial charge is 0.203 e. The highest BCUT2D eigenvalue weighted by Gasteiger charge is 2.22. The molecule has 0 N–H and O–H groups in total. The largest absolute Gasteiger partial charge is 0.329 e. The molecule has 2 aromatic rings. The first-order valence-corrected chi connectivity index (χ1v) is 7.53. The summed E-state index contributed by atoms with van der Waals surface area (Å²) >= 11 is 0. The maximum absolute atomic E-state index is 5.06. The summed E-state index contributed by atoms with van der Waals surface area (Å²) < 4.78 is 2.13. The van der Waals surface area contributed by atoms with E-state index in [4.69, 9.17) is 4.99 Å². The summed E-state index contributed by atoms with van der Waals surface area (Å²) in [5.74, 6) is 1.07. The fourth-order valence-electron chi connectivity index (χ4n) is 2.80. The summed E-state index contributed by atoms with van der Waals surface area (Å²) in [5.41, 5.74) is 1.19. The molecule has 0 unspecified atom stereocenters. The van der Waals surface area contributed by atoms with Gasteiger partial charge in [0, 0.05) is 0 Å². The van der Waals surface area contributed by atoms with E-state index in [9.17, 15) is 0 Å². The predicted molar refractivity (Wildman–Crippen MR) is 81.9 cm³/mol. The van der Waals surface area contributed by atoms with Gasteiger partial charge in [-0.25, -0.2) is 4.57 Å². The number of benzene rings is 1. The summed E-state index contributed by atoms with van der Waals surface area (Å²) in [6, 6.07) is 17.1. The van der Waals surface area contributed by atoms with Crippen LogP contribution >= 0.6 is 0 Å². The highest BCUT2D eigenvalue weighted by Crippen LogP contribution is 2.20. The van der Waals surface area contributed by atoms with Gasteiger partial charge < -0.3 is 0 Å². The monoisotopic (exact) mass is 265 g/mol. The standard InChI is InChI=1S/C18H21N2/c1-4-10-16(11-5-1)18(20-14-8-3-9-15-20)19-17-12-6-2-7-13-17/h1,3-5,8-11,14-15,17H,2,6-7,12-13H2/q+1. The number of pyridine rings is 1. The molecule has 1 fully saturated rings. The van der Waals surface area contributed by atoms with E-state index >= 15 is 0 Å². The molecule has 1 saturated carbocycles. The maximum Gasteiger partial charge on any atom is 0.329 e. The Labute approximate surface area is 120 Å². The minimum absolute atomic E-state index is 0.478. The van der Waals surface area contributed by atoms with Gasteiger partial charge in [-0.05, 0) is 49.9 Å². The van der Waals surface area contributed by atoms with Crippen molar-refractivity contribution in [1.82, 2.24) is 0 Å². The Balaban J connectivity index is 1.97. The first-order chi connectivity index (χ1) is 9.93. The molecule has 0 bridgehead atoms. The van der Waals surface area contributed by atoms with Gasteiger partial charge in [-0.15, -0.1) is 0 Å². The summed E-state index contributed by atoms with van der Waals surface area (Å²) in [6.07, 6.45) is 10.6. The summed E-state index contributed by atoms with van der Waals surface area (Å²) in [4.78, 5) is 5.06. The Hall–Kier alpha value is -1.96. The van der Waals surface area contributed by atoms with Crippen LogP contribution in [0.4, 0.5) is 0 Å². The number of aliphatic imine (C=N–C) groups is 1. The summed E-state index contributed by atoms with van der Waals surface area (Å²) in [6.45, 7) is 0. The molecular formula is C18H21N2+. The Bertz CT molecular complexity index is 513. The Kier molecular flexibility index (Phi) is 4.22. The van der Waals surface area contributed by atoms with Crippen molar-refractivity contribution < 1.29 is 4.57 Å². The third-order valence-electron chi connectivity index (χ3n) is 3.87. The minimum Gasteiger partial charge on any atom is -0.203 e. The van der Waals surface area contributed by atoms with Crippen molar-refractivity contribution in [2.75, 3.05) is 0 Å². The molecule has 1 heterocycles. The van der Waals surface area contributed by atoms with E-state index in [0.29, 0.717) is 6.04 Å². The van der Waals surface area contributed by atoms with E-state index in [1.807, 2.05) is 6.07 Å². The molecule has 1 aromatic heterocycles. The number of hydrogen-bond acceptors (Lipinski definition) is 1. The molecule has 20 heavy (non-hydrogen) atoms. The second kappa shape index (κ2) is 6.47. The Morgan fingerprint density at radius 3 is 2.20 bits per heavy atom. The Morgan fingerprint density at radius 2 is 1.50 bits per heavy atom. The molecule has 0 spiro atoms. The van der Waals surface area contributed by atoms with E-state index in [1.54, 1.807) is 0 Å². The first kappa shape index (κ1) is 13.0. The van der Waals surface area contributed by atoms with Crippen molar-refractivity contribution in [2.24, 2.45) is 4.99 Å². The van der Waals surface area contributed by atoms with Crippen LogP contribution in [-0.4, -0.2) is 11.9 Å². The van der Waals surface area contributed by atoms with Crippen LogP contribution in [0.2, 0.25) is 0 Å². The molecule has 2 nitrogen and oxygen atoms in total. The van der Waals surface area contributed by atoms with Crippen molar-refractivity contribution >= 4 is 5.84 Å². The quantitative estimate of drug-likeness (QED) is 0.448. The topological polar surface area (TPSA) is 16.2 Å². The minimum atomic E-state index is 0.478. The molecule has 0 atom stereocenters. The fourth-order valence-corrected chi connectivity index (χ4v) is 2.80. The van der Waals surface area contributed by atoms with Crippen LogP contribution in [-0.2, 0) is 0 Å². The van der Waals surface area contributed by atoms with E-state index in [-0.39, 0.29) is 0 Å². The number of aromatic nitrogens is 1. The summed E-state index contributed by atoms with van der Waals surface area (Å²) in [7, 11) is 0. The van der Waals surface area contributed by atoms with E-state index in [0.717, 1.165) is 5.84 Å². The zero-order valence-corrected chi connectivity index (χ0v) is 11.8. The van der Waals surface area contributed by atoms with Gasteiger partial charge in [-0.3, -0.25) is 0 Å². The van der Waals surface area contributed by atoms with E-state index in [1.165, 1.54) is 37.7 Å². The Morgan fingerprint density at radius 1 is 0.850 bits per heavy atom. The molecule has 1 aliphatic rings. The third kappa shape index (κ3) is 3.13. The van der Waals surface area contributed by atoms with Crippen LogP contribution < -0.4 is 4.57 Å². The fraction of sp³-hybridized carbons (Fsp3) is 0.333. The number of nitrogens with zero attached hydrogens (tertiary/aromatic N) is 2. The molecule has 0 amide bonds. The lowest BCUT2D eigenvalue weighted by Gasteiger charge is -2.14. The average Bonchev–Trinajstić information content (AvgIpc) is 2.55. The molecule has 102 valence electrons. The number of hydrogen-bond donors (Lipinski definition) is 0. The van der Waals surface area contributed by atoms with Gasteiger partial charge in [0.15, 0.2) is 0 Å². The third-order valence-corrected chi connectivity index (χ3v) is 3.87. The van der Waals surface area contributed by atoms with Gasteiger partial charge in [-0.1, -0.05) is 35.7 Å². The maximum atomic E-state index is 5.06. The normalized spacial score (nSPS) is 17.1. The van der Waals surface area contributed by atoms with Crippen molar-refractivity contribution in [1.29, 1.82) is 0 Å². The molecule has 2 heteroatoms. The second-order valence-electron chi connectivity index (χ2n) is 5.39. The SMILES string of the molecule is c1ccc(C(=NC2CCCCC2)[n+]2ccccc2)cc1. The molecule has 0 aliphatic heterocycles. The van der Waals surface area contributed by atoms with Crippen LogP contribution in [0.25, 0.3) is 0 Å². The molecule has 0 saturated heterocycles. The van der Waals surface area contributed by atoms with E-state index < -0.39 is 0 Å². The van der Waals surface area contributed by atoms with Crippen LogP contribution in [0.5, 0.6) is 0 Å². The second-order valence-corrected chi connectivity index (χ2v) is 5.39. The van der Waals surface area contributed by atoms with Gasteiger partial charge >= 0.3 is 5.84 Å². The van der Waals surface area contributed by atoms with Crippen molar-refractivity contribution in [3.8, 4) is 0 Å². The van der Waals surface area contributed by atoms with Gasteiger partial charge in [0.2, 0.25) is 0 Å². The average molecular weight is 265 g/mol. The molecule has 1 aromatic carbocycles. The zero-order chi connectivity index (χ0) is 13.6. The first-order valence-electron chi connectivity index (χ1n) is 7.53. The lowest BCUT2D eigenvalue weighted by atomic mass is 9.96. The van der Waals surface area contributed by atoms with Gasteiger partial charge in [0.25, 0.3) is 0 Å². The highest BCUT2D eigenvalue weighted by molar-refractivity contribution is 5.91. The van der Waals surface area contributed by atoms with Crippen molar-refractivity contribution in [3.63, 3.8) is 0 Å². The van der Waals surface area contributed by atoms with Gasteiger partial charge in [-0.2, -0.15) is 0 Å². The lowest BCUT2D eigenvalue weighted by molar-refractivity contribution is -0.554. The van der Waals surface area contributed by atoms with Crippen LogP contribution in [0, 0.1) is 0 Å². The van der Waals surface area contributed by atoms with Crippen LogP contribution in [0.1, 0.15) is 37.7 Å². The van der Waals surface area contributed by atoms with Crippen molar-refractivity contribution in [2.45, 2.75) is 38.1 Å². The number of rotatable bonds is 2. The summed E-state index contributed by atoms with van der Waals surface area (Å²) in [5, 5.41) is 0. The molecule has 0 radical (unpaired) electrons. The lowest BCUT2D eigenvalue weighted by Crippen LogP contribution is -2.43.